The van der Waals surface area contributed by atoms with Gasteiger partial charge in [0, 0.05) is 51.3 Å². The summed E-state index contributed by atoms with van der Waals surface area (Å²) in [7, 11) is 2.03. The molecule has 1 fully saturated rings. The number of nitrogens with zero attached hydrogens (tertiary/aromatic N) is 4. The van der Waals surface area contributed by atoms with Gasteiger partial charge in [0.1, 0.15) is 11.6 Å². The Morgan fingerprint density at radius 2 is 2.05 bits per heavy atom. The molecule has 110 valence electrons. The molecule has 0 saturated carbocycles. The van der Waals surface area contributed by atoms with Crippen molar-refractivity contribution in [1.29, 1.82) is 5.26 Å². The van der Waals surface area contributed by atoms with Crippen LogP contribution in [0.4, 0.5) is 0 Å². The zero-order valence-electron chi connectivity index (χ0n) is 12.1. The summed E-state index contributed by atoms with van der Waals surface area (Å²) in [4.78, 5) is 20.1. The number of carbonyl (C=O) groups excluding carboxylic acids is 1. The molecule has 1 N–H and O–H groups in total. The molecule has 2 heterocycles. The summed E-state index contributed by atoms with van der Waals surface area (Å²) < 4.78 is 0. The first-order valence-corrected chi connectivity index (χ1v) is 6.91. The van der Waals surface area contributed by atoms with Gasteiger partial charge < -0.3 is 15.1 Å². The molecule has 6 nitrogen and oxygen atoms in total. The number of piperazine rings is 1. The van der Waals surface area contributed by atoms with Crippen LogP contribution in [0.1, 0.15) is 5.56 Å². The van der Waals surface area contributed by atoms with Crippen molar-refractivity contribution in [2.24, 2.45) is 0 Å². The lowest BCUT2D eigenvalue weighted by atomic mass is 10.2. The van der Waals surface area contributed by atoms with Crippen molar-refractivity contribution in [2.45, 2.75) is 6.54 Å². The van der Waals surface area contributed by atoms with Gasteiger partial charge in [-0.05, 0) is 24.7 Å². The summed E-state index contributed by atoms with van der Waals surface area (Å²) in [5.74, 6) is -0.201. The molecule has 1 aromatic heterocycles. The molecule has 2 rings (SSSR count). The van der Waals surface area contributed by atoms with Crippen LogP contribution in [0.15, 0.2) is 36.3 Å². The van der Waals surface area contributed by atoms with Crippen molar-refractivity contribution >= 4 is 5.91 Å². The second-order valence-electron chi connectivity index (χ2n) is 5.00. The fourth-order valence-corrected chi connectivity index (χ4v) is 2.09. The van der Waals surface area contributed by atoms with Gasteiger partial charge in [0.15, 0.2) is 0 Å². The predicted octanol–water partition coefficient (Wildman–Crippen LogP) is 0.353. The Hall–Kier alpha value is -2.39. The lowest BCUT2D eigenvalue weighted by molar-refractivity contribution is -0.128. The van der Waals surface area contributed by atoms with Gasteiger partial charge in [-0.2, -0.15) is 5.26 Å². The van der Waals surface area contributed by atoms with Crippen molar-refractivity contribution < 1.29 is 4.79 Å². The van der Waals surface area contributed by atoms with E-state index in [1.54, 1.807) is 17.3 Å². The molecule has 0 spiro atoms. The summed E-state index contributed by atoms with van der Waals surface area (Å²) in [6.07, 6.45) is 4.92. The molecule has 1 saturated heterocycles. The maximum atomic E-state index is 12.2. The molecule has 0 atom stereocenters. The van der Waals surface area contributed by atoms with Crippen LogP contribution < -0.4 is 5.32 Å². The lowest BCUT2D eigenvalue weighted by Crippen LogP contribution is -2.47. The van der Waals surface area contributed by atoms with Crippen LogP contribution >= 0.6 is 0 Å². The average Bonchev–Trinajstić information content (AvgIpc) is 2.53. The minimum Gasteiger partial charge on any atom is -0.386 e. The molecule has 21 heavy (non-hydrogen) atoms. The molecule has 0 aliphatic carbocycles. The first kappa shape index (κ1) is 15.0. The van der Waals surface area contributed by atoms with Crippen LogP contribution in [-0.4, -0.2) is 53.9 Å². The number of pyridine rings is 1. The van der Waals surface area contributed by atoms with Crippen molar-refractivity contribution in [1.82, 2.24) is 20.1 Å². The monoisotopic (exact) mass is 285 g/mol. The van der Waals surface area contributed by atoms with Gasteiger partial charge in [-0.25, -0.2) is 0 Å². The molecular formula is C15H19N5O. The highest BCUT2D eigenvalue weighted by molar-refractivity contribution is 5.97. The Morgan fingerprint density at radius 3 is 2.67 bits per heavy atom. The van der Waals surface area contributed by atoms with Gasteiger partial charge in [-0.15, -0.1) is 0 Å². The highest BCUT2D eigenvalue weighted by atomic mass is 16.2. The number of likely N-dealkylation sites (N-methyl/N-ethyl adjacent to an activating group) is 1. The number of hydrogen-bond acceptors (Lipinski definition) is 5. The van der Waals surface area contributed by atoms with Gasteiger partial charge in [0.2, 0.25) is 0 Å². The van der Waals surface area contributed by atoms with E-state index >= 15 is 0 Å². The summed E-state index contributed by atoms with van der Waals surface area (Å²) in [6.45, 7) is 3.57. The number of carbonyl (C=O) groups is 1. The third-order valence-corrected chi connectivity index (χ3v) is 3.44. The van der Waals surface area contributed by atoms with Crippen LogP contribution in [0.3, 0.4) is 0 Å². The van der Waals surface area contributed by atoms with E-state index in [1.165, 1.54) is 6.20 Å². The molecule has 0 unspecified atom stereocenters. The maximum Gasteiger partial charge on any atom is 0.266 e. The molecule has 1 amide bonds. The van der Waals surface area contributed by atoms with Crippen molar-refractivity contribution in [2.75, 3.05) is 33.2 Å². The summed E-state index contributed by atoms with van der Waals surface area (Å²) in [5.41, 5.74) is 1.19. The molecule has 0 radical (unpaired) electrons. The standard InChI is InChI=1S/C15H19N5O/c1-19-6-8-20(9-7-19)15(21)14(10-16)12-18-11-13-2-4-17-5-3-13/h2-5,12,18H,6-9,11H2,1H3/b14-12-. The second-order valence-corrected chi connectivity index (χ2v) is 5.00. The zero-order valence-corrected chi connectivity index (χ0v) is 12.1. The normalized spacial score (nSPS) is 16.4. The molecule has 1 aliphatic rings. The van der Waals surface area contributed by atoms with E-state index in [9.17, 15) is 4.79 Å². The van der Waals surface area contributed by atoms with Gasteiger partial charge >= 0.3 is 0 Å². The number of rotatable bonds is 4. The zero-order chi connectivity index (χ0) is 15.1. The van der Waals surface area contributed by atoms with Crippen molar-refractivity contribution in [3.8, 4) is 6.07 Å². The van der Waals surface area contributed by atoms with Gasteiger partial charge in [-0.3, -0.25) is 9.78 Å². The topological polar surface area (TPSA) is 72.3 Å². The minimum atomic E-state index is -0.201. The van der Waals surface area contributed by atoms with Crippen LogP contribution in [0, 0.1) is 11.3 Å². The molecule has 0 aromatic carbocycles. The summed E-state index contributed by atoms with van der Waals surface area (Å²) >= 11 is 0. The highest BCUT2D eigenvalue weighted by Crippen LogP contribution is 2.05. The van der Waals surface area contributed by atoms with E-state index in [0.29, 0.717) is 19.6 Å². The molecule has 1 aliphatic heterocycles. The highest BCUT2D eigenvalue weighted by Gasteiger charge is 2.21. The van der Waals surface area contributed by atoms with Crippen molar-refractivity contribution in [3.05, 3.63) is 41.9 Å². The quantitative estimate of drug-likeness (QED) is 0.638. The number of amides is 1. The first-order chi connectivity index (χ1) is 10.2. The summed E-state index contributed by atoms with van der Waals surface area (Å²) in [6, 6.07) is 5.75. The van der Waals surface area contributed by atoms with Crippen molar-refractivity contribution in [3.63, 3.8) is 0 Å². The van der Waals surface area contributed by atoms with E-state index in [0.717, 1.165) is 18.7 Å². The fourth-order valence-electron chi connectivity index (χ4n) is 2.09. The van der Waals surface area contributed by atoms with E-state index in [-0.39, 0.29) is 11.5 Å². The van der Waals surface area contributed by atoms with E-state index in [1.807, 2.05) is 25.2 Å². The average molecular weight is 285 g/mol. The molecule has 0 bridgehead atoms. The number of nitrogens with one attached hydrogen (secondary N) is 1. The smallest absolute Gasteiger partial charge is 0.266 e. The Bertz CT molecular complexity index is 541. The second kappa shape index (κ2) is 7.41. The molecular weight excluding hydrogens is 266 g/mol. The Balaban J connectivity index is 1.91. The Morgan fingerprint density at radius 1 is 1.38 bits per heavy atom. The Labute approximate surface area is 124 Å². The van der Waals surface area contributed by atoms with Gasteiger partial charge in [0.25, 0.3) is 5.91 Å². The third kappa shape index (κ3) is 4.29. The van der Waals surface area contributed by atoms with E-state index < -0.39 is 0 Å². The fraction of sp³-hybridized carbons (Fsp3) is 0.400. The molecule has 1 aromatic rings. The molecule has 6 heteroatoms. The maximum absolute atomic E-state index is 12.2. The van der Waals surface area contributed by atoms with Crippen LogP contribution in [0.5, 0.6) is 0 Å². The third-order valence-electron chi connectivity index (χ3n) is 3.44. The van der Waals surface area contributed by atoms with Gasteiger partial charge in [-0.1, -0.05) is 0 Å². The van der Waals surface area contributed by atoms with Crippen LogP contribution in [0.25, 0.3) is 0 Å². The van der Waals surface area contributed by atoms with E-state index in [4.69, 9.17) is 5.26 Å². The first-order valence-electron chi connectivity index (χ1n) is 6.91. The Kier molecular flexibility index (Phi) is 5.29. The largest absolute Gasteiger partial charge is 0.386 e. The number of aromatic nitrogens is 1. The number of hydrogen-bond donors (Lipinski definition) is 1. The minimum absolute atomic E-state index is 0.147. The summed E-state index contributed by atoms with van der Waals surface area (Å²) in [5, 5.41) is 12.2. The predicted molar refractivity (Wildman–Crippen MR) is 78.8 cm³/mol. The van der Waals surface area contributed by atoms with E-state index in [2.05, 4.69) is 15.2 Å². The van der Waals surface area contributed by atoms with Crippen LogP contribution in [-0.2, 0) is 11.3 Å². The van der Waals surface area contributed by atoms with Crippen LogP contribution in [0.2, 0.25) is 0 Å². The lowest BCUT2D eigenvalue weighted by Gasteiger charge is -2.32. The van der Waals surface area contributed by atoms with Gasteiger partial charge in [0.05, 0.1) is 0 Å². The SMILES string of the molecule is CN1CCN(C(=O)/C(C#N)=C\NCc2ccncc2)CC1. The number of nitriles is 1.